The quantitative estimate of drug-likeness (QED) is 0.659. The molecule has 0 aromatic carbocycles. The topological polar surface area (TPSA) is 122 Å². The lowest BCUT2D eigenvalue weighted by molar-refractivity contribution is -0.140. The van der Waals surface area contributed by atoms with Crippen LogP contribution in [0.3, 0.4) is 0 Å². The molecule has 1 rings (SSSR count). The average Bonchev–Trinajstić information content (AvgIpc) is 2.72. The summed E-state index contributed by atoms with van der Waals surface area (Å²) in [6, 6.07) is 0.555. The fraction of sp³-hybridized carbons (Fsp3) is 0.455. The van der Waals surface area contributed by atoms with Crippen LogP contribution in [0.5, 0.6) is 0 Å². The Morgan fingerprint density at radius 3 is 2.70 bits per heavy atom. The first-order valence-electron chi connectivity index (χ1n) is 5.69. The Morgan fingerprint density at radius 1 is 1.50 bits per heavy atom. The van der Waals surface area contributed by atoms with E-state index < -0.39 is 17.9 Å². The number of carboxylic acid groups (broad SMARTS) is 1. The molecule has 2 amide bonds. The highest BCUT2D eigenvalue weighted by Gasteiger charge is 2.18. The number of anilines is 1. The molecule has 1 aromatic heterocycles. The van der Waals surface area contributed by atoms with E-state index in [0.717, 1.165) is 11.8 Å². The second-order valence-electron chi connectivity index (χ2n) is 3.98. The number of rotatable bonds is 7. The van der Waals surface area contributed by atoms with Crippen LogP contribution in [0, 0.1) is 6.92 Å². The van der Waals surface area contributed by atoms with Crippen molar-refractivity contribution in [3.8, 4) is 0 Å². The number of thioether (sulfide) groups is 1. The molecule has 0 radical (unpaired) electrons. The van der Waals surface area contributed by atoms with Crippen molar-refractivity contribution in [2.45, 2.75) is 19.9 Å². The first kappa shape index (κ1) is 16.0. The van der Waals surface area contributed by atoms with Gasteiger partial charge in [-0.25, -0.2) is 4.79 Å². The highest BCUT2D eigenvalue weighted by Crippen LogP contribution is 2.09. The zero-order chi connectivity index (χ0) is 15.1. The molecule has 0 spiro atoms. The van der Waals surface area contributed by atoms with Gasteiger partial charge in [0.2, 0.25) is 11.8 Å². The summed E-state index contributed by atoms with van der Waals surface area (Å²) in [5, 5.41) is 17.3. The zero-order valence-corrected chi connectivity index (χ0v) is 11.8. The Balaban J connectivity index is 2.33. The van der Waals surface area contributed by atoms with Gasteiger partial charge in [0.25, 0.3) is 0 Å². The predicted molar refractivity (Wildman–Crippen MR) is 72.4 cm³/mol. The van der Waals surface area contributed by atoms with Gasteiger partial charge in [-0.3, -0.25) is 9.59 Å². The SMILES string of the molecule is CC(=O)N[C@@H](CSCC(=O)Nc1cc(C)on1)C(=O)O. The van der Waals surface area contributed by atoms with Crippen LogP contribution in [0.15, 0.2) is 10.6 Å². The van der Waals surface area contributed by atoms with Crippen LogP contribution < -0.4 is 10.6 Å². The van der Waals surface area contributed by atoms with Gasteiger partial charge in [0.05, 0.1) is 5.75 Å². The van der Waals surface area contributed by atoms with Crippen molar-refractivity contribution in [3.63, 3.8) is 0 Å². The van der Waals surface area contributed by atoms with Gasteiger partial charge in [-0.15, -0.1) is 11.8 Å². The zero-order valence-electron chi connectivity index (χ0n) is 11.0. The maximum Gasteiger partial charge on any atom is 0.327 e. The Bertz CT molecular complexity index is 502. The van der Waals surface area contributed by atoms with E-state index in [0.29, 0.717) is 11.6 Å². The molecule has 0 fully saturated rings. The molecule has 9 heteroatoms. The number of carbonyl (C=O) groups excluding carboxylic acids is 2. The molecular formula is C11H15N3O5S. The summed E-state index contributed by atoms with van der Waals surface area (Å²) in [6.07, 6.45) is 0. The Hall–Kier alpha value is -2.03. The average molecular weight is 301 g/mol. The van der Waals surface area contributed by atoms with Crippen LogP contribution in [0.25, 0.3) is 0 Å². The van der Waals surface area contributed by atoms with Crippen molar-refractivity contribution in [3.05, 3.63) is 11.8 Å². The second kappa shape index (κ2) is 7.53. The molecule has 0 saturated carbocycles. The van der Waals surface area contributed by atoms with Crippen molar-refractivity contribution < 1.29 is 24.0 Å². The molecule has 0 bridgehead atoms. The summed E-state index contributed by atoms with van der Waals surface area (Å²) in [5.74, 6) is -0.861. The van der Waals surface area contributed by atoms with Gasteiger partial charge in [0, 0.05) is 18.7 Å². The minimum atomic E-state index is -1.14. The Kier molecular flexibility index (Phi) is 6.04. The minimum Gasteiger partial charge on any atom is -0.480 e. The van der Waals surface area contributed by atoms with E-state index in [9.17, 15) is 14.4 Å². The highest BCUT2D eigenvalue weighted by atomic mass is 32.2. The molecule has 20 heavy (non-hydrogen) atoms. The first-order chi connectivity index (χ1) is 9.38. The van der Waals surface area contributed by atoms with Gasteiger partial charge in [-0.1, -0.05) is 5.16 Å². The first-order valence-corrected chi connectivity index (χ1v) is 6.84. The number of aromatic nitrogens is 1. The number of hydrogen-bond donors (Lipinski definition) is 3. The van der Waals surface area contributed by atoms with Crippen molar-refractivity contribution >= 4 is 35.4 Å². The molecule has 0 saturated heterocycles. The number of aliphatic carboxylic acids is 1. The monoisotopic (exact) mass is 301 g/mol. The standard InChI is InChI=1S/C11H15N3O5S/c1-6-3-9(14-19-6)13-10(16)5-20-4-8(11(17)18)12-7(2)15/h3,8H,4-5H2,1-2H3,(H,12,15)(H,17,18)(H,13,14,16)/t8-/m0/s1. The van der Waals surface area contributed by atoms with Crippen LogP contribution in [0.1, 0.15) is 12.7 Å². The molecule has 0 unspecified atom stereocenters. The van der Waals surface area contributed by atoms with Crippen molar-refractivity contribution in [1.29, 1.82) is 0 Å². The summed E-state index contributed by atoms with van der Waals surface area (Å²) < 4.78 is 4.79. The smallest absolute Gasteiger partial charge is 0.327 e. The van der Waals surface area contributed by atoms with E-state index in [-0.39, 0.29) is 17.4 Å². The fourth-order valence-corrected chi connectivity index (χ4v) is 2.13. The fourth-order valence-electron chi connectivity index (χ4n) is 1.29. The minimum absolute atomic E-state index is 0.0509. The number of hydrogen-bond acceptors (Lipinski definition) is 6. The predicted octanol–water partition coefficient (Wildman–Crippen LogP) is 0.244. The normalized spacial score (nSPS) is 11.7. The van der Waals surface area contributed by atoms with E-state index in [4.69, 9.17) is 9.63 Å². The molecule has 1 atom stereocenters. The molecule has 3 N–H and O–H groups in total. The molecule has 0 aliphatic heterocycles. The third-order valence-corrected chi connectivity index (χ3v) is 3.12. The number of amides is 2. The highest BCUT2D eigenvalue weighted by molar-refractivity contribution is 8.00. The summed E-state index contributed by atoms with van der Waals surface area (Å²) in [7, 11) is 0. The van der Waals surface area contributed by atoms with Crippen molar-refractivity contribution in [2.75, 3.05) is 16.8 Å². The van der Waals surface area contributed by atoms with Crippen LogP contribution in [0.4, 0.5) is 5.82 Å². The van der Waals surface area contributed by atoms with Gasteiger partial charge in [-0.05, 0) is 6.92 Å². The van der Waals surface area contributed by atoms with Crippen LogP contribution >= 0.6 is 11.8 Å². The number of aryl methyl sites for hydroxylation is 1. The maximum absolute atomic E-state index is 11.5. The van der Waals surface area contributed by atoms with Gasteiger partial charge in [0.15, 0.2) is 5.82 Å². The molecule has 0 aliphatic carbocycles. The molecule has 8 nitrogen and oxygen atoms in total. The van der Waals surface area contributed by atoms with Crippen LogP contribution in [-0.4, -0.2) is 45.6 Å². The third-order valence-electron chi connectivity index (χ3n) is 2.09. The third kappa shape index (κ3) is 5.74. The van der Waals surface area contributed by atoms with E-state index in [1.807, 2.05) is 0 Å². The van der Waals surface area contributed by atoms with Crippen molar-refractivity contribution in [2.24, 2.45) is 0 Å². The van der Waals surface area contributed by atoms with Crippen LogP contribution in [0.2, 0.25) is 0 Å². The van der Waals surface area contributed by atoms with Gasteiger partial charge < -0.3 is 20.3 Å². The summed E-state index contributed by atoms with van der Waals surface area (Å²) in [6.45, 7) is 2.93. The molecule has 1 heterocycles. The second-order valence-corrected chi connectivity index (χ2v) is 5.01. The van der Waals surface area contributed by atoms with Gasteiger partial charge in [-0.2, -0.15) is 0 Å². The lowest BCUT2D eigenvalue weighted by atomic mass is 10.3. The van der Waals surface area contributed by atoms with Gasteiger partial charge >= 0.3 is 5.97 Å². The number of nitrogens with zero attached hydrogens (tertiary/aromatic N) is 1. The van der Waals surface area contributed by atoms with E-state index in [1.54, 1.807) is 13.0 Å². The number of carbonyl (C=O) groups is 3. The van der Waals surface area contributed by atoms with Crippen molar-refractivity contribution in [1.82, 2.24) is 10.5 Å². The van der Waals surface area contributed by atoms with E-state index >= 15 is 0 Å². The Morgan fingerprint density at radius 2 is 2.20 bits per heavy atom. The van der Waals surface area contributed by atoms with Crippen LogP contribution in [-0.2, 0) is 14.4 Å². The van der Waals surface area contributed by atoms with E-state index in [2.05, 4.69) is 15.8 Å². The molecular weight excluding hydrogens is 286 g/mol. The summed E-state index contributed by atoms with van der Waals surface area (Å²) in [4.78, 5) is 33.2. The maximum atomic E-state index is 11.5. The molecule has 1 aromatic rings. The largest absolute Gasteiger partial charge is 0.480 e. The summed E-state index contributed by atoms with van der Waals surface area (Å²) >= 11 is 1.10. The lowest BCUT2D eigenvalue weighted by Gasteiger charge is -2.12. The number of carboxylic acids is 1. The summed E-state index contributed by atoms with van der Waals surface area (Å²) in [5.41, 5.74) is 0. The van der Waals surface area contributed by atoms with Gasteiger partial charge in [0.1, 0.15) is 11.8 Å². The Labute approximate surface area is 119 Å². The van der Waals surface area contributed by atoms with E-state index in [1.165, 1.54) is 6.92 Å². The lowest BCUT2D eigenvalue weighted by Crippen LogP contribution is -2.41. The number of nitrogens with one attached hydrogen (secondary N) is 2. The molecule has 110 valence electrons. The molecule has 0 aliphatic rings.